The maximum absolute atomic E-state index is 6.03. The molecule has 1 fully saturated rings. The average molecular weight is 287 g/mol. The van der Waals surface area contributed by atoms with Gasteiger partial charge in [-0.05, 0) is 50.1 Å². The van der Waals surface area contributed by atoms with Gasteiger partial charge in [-0.2, -0.15) is 0 Å². The molecule has 0 amide bonds. The molecule has 116 valence electrons. The third-order valence-electron chi connectivity index (χ3n) is 5.55. The van der Waals surface area contributed by atoms with Crippen LogP contribution in [0.2, 0.25) is 0 Å². The quantitative estimate of drug-likeness (QED) is 0.881. The van der Waals surface area contributed by atoms with E-state index in [9.17, 15) is 0 Å². The fourth-order valence-corrected chi connectivity index (χ4v) is 4.23. The number of hydrogen-bond acceptors (Lipinski definition) is 2. The van der Waals surface area contributed by atoms with Crippen LogP contribution in [0, 0.1) is 11.8 Å². The van der Waals surface area contributed by atoms with E-state index < -0.39 is 0 Å². The average Bonchev–Trinajstić information content (AvgIpc) is 2.56. The minimum absolute atomic E-state index is 0.454. The van der Waals surface area contributed by atoms with Crippen LogP contribution in [0.25, 0.3) is 0 Å². The summed E-state index contributed by atoms with van der Waals surface area (Å²) in [7, 11) is 2.11. The molecule has 3 rings (SSSR count). The molecule has 1 aliphatic heterocycles. The predicted octanol–water partition coefficient (Wildman–Crippen LogP) is 4.49. The van der Waals surface area contributed by atoms with E-state index in [-0.39, 0.29) is 0 Å². The van der Waals surface area contributed by atoms with Crippen molar-refractivity contribution in [3.8, 4) is 5.75 Å². The van der Waals surface area contributed by atoms with Crippen molar-refractivity contribution < 1.29 is 4.74 Å². The van der Waals surface area contributed by atoms with Gasteiger partial charge in [0.1, 0.15) is 5.75 Å². The molecule has 21 heavy (non-hydrogen) atoms. The lowest BCUT2D eigenvalue weighted by atomic mass is 9.75. The number of para-hydroxylation sites is 1. The molecule has 0 bridgehead atoms. The molecule has 1 saturated carbocycles. The smallest absolute Gasteiger partial charge is 0.127 e. The first-order chi connectivity index (χ1) is 10.3. The Hall–Kier alpha value is -1.02. The van der Waals surface area contributed by atoms with Gasteiger partial charge in [0.25, 0.3) is 0 Å². The zero-order valence-electron chi connectivity index (χ0n) is 13.5. The molecule has 2 nitrogen and oxygen atoms in total. The molecule has 0 spiro atoms. The maximum atomic E-state index is 6.03. The van der Waals surface area contributed by atoms with E-state index in [0.717, 1.165) is 24.9 Å². The Balaban J connectivity index is 1.80. The first-order valence-electron chi connectivity index (χ1n) is 8.75. The highest BCUT2D eigenvalue weighted by Crippen LogP contribution is 2.42. The first-order valence-corrected chi connectivity index (χ1v) is 8.75. The van der Waals surface area contributed by atoms with Crippen LogP contribution in [0.1, 0.15) is 62.6 Å². The largest absolute Gasteiger partial charge is 0.493 e. The SMILES string of the molecule is CCC1CCC(C(NC)c2cccc3c2OCCC3)CC1. The molecule has 2 heteroatoms. The van der Waals surface area contributed by atoms with Crippen molar-refractivity contribution in [3.63, 3.8) is 0 Å². The van der Waals surface area contributed by atoms with Gasteiger partial charge in [-0.25, -0.2) is 0 Å². The van der Waals surface area contributed by atoms with Crippen LogP contribution in [-0.4, -0.2) is 13.7 Å². The van der Waals surface area contributed by atoms with E-state index in [1.807, 2.05) is 0 Å². The highest BCUT2D eigenvalue weighted by molar-refractivity contribution is 5.44. The van der Waals surface area contributed by atoms with Crippen molar-refractivity contribution in [1.82, 2.24) is 5.32 Å². The van der Waals surface area contributed by atoms with Crippen molar-refractivity contribution in [1.29, 1.82) is 0 Å². The van der Waals surface area contributed by atoms with Crippen LogP contribution in [-0.2, 0) is 6.42 Å². The molecular formula is C19H29NO. The van der Waals surface area contributed by atoms with Crippen molar-refractivity contribution in [2.75, 3.05) is 13.7 Å². The lowest BCUT2D eigenvalue weighted by Gasteiger charge is -2.35. The summed E-state index contributed by atoms with van der Waals surface area (Å²) in [5.41, 5.74) is 2.80. The molecule has 1 heterocycles. The lowest BCUT2D eigenvalue weighted by molar-refractivity contribution is 0.217. The highest BCUT2D eigenvalue weighted by atomic mass is 16.5. The maximum Gasteiger partial charge on any atom is 0.127 e. The van der Waals surface area contributed by atoms with Gasteiger partial charge in [-0.15, -0.1) is 0 Å². The molecule has 1 atom stereocenters. The van der Waals surface area contributed by atoms with Crippen molar-refractivity contribution in [2.45, 2.75) is 57.9 Å². The molecule has 2 aliphatic rings. The Morgan fingerprint density at radius 1 is 1.24 bits per heavy atom. The predicted molar refractivity (Wildman–Crippen MR) is 87.8 cm³/mol. The van der Waals surface area contributed by atoms with Gasteiger partial charge in [0.2, 0.25) is 0 Å². The van der Waals surface area contributed by atoms with E-state index in [2.05, 4.69) is 37.5 Å². The lowest BCUT2D eigenvalue weighted by Crippen LogP contribution is -2.29. The van der Waals surface area contributed by atoms with Crippen LogP contribution in [0.3, 0.4) is 0 Å². The summed E-state index contributed by atoms with van der Waals surface area (Å²) in [6.45, 7) is 3.21. The molecule has 1 aliphatic carbocycles. The van der Waals surface area contributed by atoms with E-state index >= 15 is 0 Å². The number of nitrogens with one attached hydrogen (secondary N) is 1. The second-order valence-electron chi connectivity index (χ2n) is 6.74. The minimum Gasteiger partial charge on any atom is -0.493 e. The zero-order chi connectivity index (χ0) is 14.7. The number of aryl methyl sites for hydroxylation is 1. The Bertz CT molecular complexity index is 463. The fraction of sp³-hybridized carbons (Fsp3) is 0.684. The van der Waals surface area contributed by atoms with Gasteiger partial charge >= 0.3 is 0 Å². The summed E-state index contributed by atoms with van der Waals surface area (Å²) in [4.78, 5) is 0. The van der Waals surface area contributed by atoms with Crippen LogP contribution >= 0.6 is 0 Å². The Kier molecular flexibility index (Phi) is 4.84. The molecule has 0 saturated heterocycles. The van der Waals surface area contributed by atoms with Crippen LogP contribution in [0.4, 0.5) is 0 Å². The number of hydrogen-bond donors (Lipinski definition) is 1. The number of ether oxygens (including phenoxy) is 1. The summed E-state index contributed by atoms with van der Waals surface area (Å²) in [6, 6.07) is 7.18. The molecule has 0 aromatic heterocycles. The van der Waals surface area contributed by atoms with Gasteiger partial charge in [-0.1, -0.05) is 44.4 Å². The Morgan fingerprint density at radius 2 is 2.05 bits per heavy atom. The first kappa shape index (κ1) is 14.9. The topological polar surface area (TPSA) is 21.3 Å². The van der Waals surface area contributed by atoms with Gasteiger partial charge in [-0.3, -0.25) is 0 Å². The van der Waals surface area contributed by atoms with E-state index in [1.165, 1.54) is 55.4 Å². The monoisotopic (exact) mass is 287 g/mol. The van der Waals surface area contributed by atoms with E-state index in [0.29, 0.717) is 6.04 Å². The third kappa shape index (κ3) is 3.11. The van der Waals surface area contributed by atoms with Gasteiger partial charge in [0, 0.05) is 11.6 Å². The van der Waals surface area contributed by atoms with Gasteiger partial charge < -0.3 is 10.1 Å². The summed E-state index contributed by atoms with van der Waals surface area (Å²) in [6.07, 6.45) is 9.18. The number of fused-ring (bicyclic) bond motifs is 1. The Labute approximate surface area is 129 Å². The van der Waals surface area contributed by atoms with Crippen LogP contribution in [0.15, 0.2) is 18.2 Å². The minimum atomic E-state index is 0.454. The molecular weight excluding hydrogens is 258 g/mol. The number of rotatable bonds is 4. The standard InChI is InChI=1S/C19H29NO/c1-3-14-9-11-15(12-10-14)18(20-2)17-8-4-6-16-7-5-13-21-19(16)17/h4,6,8,14-15,18,20H,3,5,7,9-13H2,1-2H3. The molecule has 0 radical (unpaired) electrons. The fourth-order valence-electron chi connectivity index (χ4n) is 4.23. The number of benzene rings is 1. The third-order valence-corrected chi connectivity index (χ3v) is 5.55. The Morgan fingerprint density at radius 3 is 2.76 bits per heavy atom. The van der Waals surface area contributed by atoms with Crippen molar-refractivity contribution in [3.05, 3.63) is 29.3 Å². The summed E-state index contributed by atoms with van der Waals surface area (Å²) < 4.78 is 6.03. The second-order valence-corrected chi connectivity index (χ2v) is 6.74. The molecule has 1 aromatic carbocycles. The molecule has 1 aromatic rings. The highest BCUT2D eigenvalue weighted by Gasteiger charge is 2.30. The summed E-state index contributed by atoms with van der Waals surface area (Å²) in [5.74, 6) is 2.90. The normalized spacial score (nSPS) is 26.8. The van der Waals surface area contributed by atoms with Crippen molar-refractivity contribution in [2.24, 2.45) is 11.8 Å². The molecule has 1 N–H and O–H groups in total. The van der Waals surface area contributed by atoms with Crippen LogP contribution in [0.5, 0.6) is 5.75 Å². The summed E-state index contributed by atoms with van der Waals surface area (Å²) >= 11 is 0. The zero-order valence-corrected chi connectivity index (χ0v) is 13.5. The molecule has 1 unspecified atom stereocenters. The van der Waals surface area contributed by atoms with Gasteiger partial charge in [0.05, 0.1) is 6.61 Å². The van der Waals surface area contributed by atoms with E-state index in [1.54, 1.807) is 0 Å². The van der Waals surface area contributed by atoms with Crippen molar-refractivity contribution >= 4 is 0 Å². The summed E-state index contributed by atoms with van der Waals surface area (Å²) in [5, 5.41) is 3.59. The second kappa shape index (κ2) is 6.83. The van der Waals surface area contributed by atoms with Crippen LogP contribution < -0.4 is 10.1 Å². The van der Waals surface area contributed by atoms with E-state index in [4.69, 9.17) is 4.74 Å². The van der Waals surface area contributed by atoms with Gasteiger partial charge in [0.15, 0.2) is 0 Å².